The first kappa shape index (κ1) is 22.5. The fraction of sp³-hybridized carbons (Fsp3) is 0.533. The quantitative estimate of drug-likeness (QED) is 0.777. The van der Waals surface area contributed by atoms with Crippen LogP contribution in [0.2, 0.25) is 10.0 Å². The van der Waals surface area contributed by atoms with Gasteiger partial charge in [0.05, 0.1) is 10.0 Å². The van der Waals surface area contributed by atoms with Crippen molar-refractivity contribution in [2.75, 3.05) is 26.2 Å². The molecule has 6 nitrogen and oxygen atoms in total. The molecule has 1 heterocycles. The van der Waals surface area contributed by atoms with Crippen molar-refractivity contribution in [2.45, 2.75) is 30.7 Å². The Morgan fingerprint density at radius 2 is 1.72 bits per heavy atom. The number of carbonyl (C=O) groups excluding carboxylic acids is 1. The van der Waals surface area contributed by atoms with E-state index in [0.717, 1.165) is 0 Å². The number of carbonyl (C=O) groups is 1. The Morgan fingerprint density at radius 1 is 1.20 bits per heavy atom. The standard InChI is InChI=1S/C15H21Cl2N3O3S.ClH/c1-11(18)5-6-14(21)19-7-9-20(10-8-19)24(22,23)15-12(16)3-2-4-13(15)17;/h2-4,11H,5-10,18H2,1H3;1H. The smallest absolute Gasteiger partial charge is 0.246 e. The molecule has 1 aromatic carbocycles. The summed E-state index contributed by atoms with van der Waals surface area (Å²) in [4.78, 5) is 13.7. The van der Waals surface area contributed by atoms with Gasteiger partial charge in [-0.1, -0.05) is 29.3 Å². The second kappa shape index (κ2) is 9.39. The maximum atomic E-state index is 12.8. The van der Waals surface area contributed by atoms with E-state index in [1.165, 1.54) is 16.4 Å². The van der Waals surface area contributed by atoms with Crippen LogP contribution in [0.25, 0.3) is 0 Å². The average Bonchev–Trinajstić information content (AvgIpc) is 2.52. The predicted molar refractivity (Wildman–Crippen MR) is 102 cm³/mol. The van der Waals surface area contributed by atoms with Crippen LogP contribution >= 0.6 is 35.6 Å². The molecule has 142 valence electrons. The Kier molecular flexibility index (Phi) is 8.44. The molecule has 0 aromatic heterocycles. The molecule has 1 aliphatic rings. The summed E-state index contributed by atoms with van der Waals surface area (Å²) in [5.74, 6) is 0.000115. The van der Waals surface area contributed by atoms with Gasteiger partial charge in [0.15, 0.2) is 0 Å². The number of hydrogen-bond acceptors (Lipinski definition) is 4. The fourth-order valence-electron chi connectivity index (χ4n) is 2.55. The van der Waals surface area contributed by atoms with E-state index >= 15 is 0 Å². The monoisotopic (exact) mass is 429 g/mol. The number of halogens is 3. The third-order valence-electron chi connectivity index (χ3n) is 3.92. The number of nitrogens with two attached hydrogens (primary N) is 1. The van der Waals surface area contributed by atoms with Gasteiger partial charge >= 0.3 is 0 Å². The minimum Gasteiger partial charge on any atom is -0.340 e. The maximum Gasteiger partial charge on any atom is 0.246 e. The zero-order chi connectivity index (χ0) is 17.9. The van der Waals surface area contributed by atoms with Crippen LogP contribution < -0.4 is 5.73 Å². The Balaban J connectivity index is 0.00000312. The van der Waals surface area contributed by atoms with Gasteiger partial charge < -0.3 is 10.6 Å². The summed E-state index contributed by atoms with van der Waals surface area (Å²) in [7, 11) is -3.79. The summed E-state index contributed by atoms with van der Waals surface area (Å²) in [6.45, 7) is 2.98. The van der Waals surface area contributed by atoms with Crippen LogP contribution in [-0.4, -0.2) is 55.8 Å². The molecule has 1 aromatic rings. The molecule has 0 saturated carbocycles. The minimum atomic E-state index is -3.79. The molecule has 10 heteroatoms. The number of sulfonamides is 1. The summed E-state index contributed by atoms with van der Waals surface area (Å²) in [5.41, 5.74) is 5.66. The summed E-state index contributed by atoms with van der Waals surface area (Å²) < 4.78 is 26.8. The van der Waals surface area contributed by atoms with E-state index in [1.54, 1.807) is 11.0 Å². The van der Waals surface area contributed by atoms with Gasteiger partial charge in [-0.15, -0.1) is 12.4 Å². The van der Waals surface area contributed by atoms with E-state index in [1.807, 2.05) is 6.92 Å². The molecule has 1 saturated heterocycles. The summed E-state index contributed by atoms with van der Waals surface area (Å²) in [6.07, 6.45) is 0.993. The van der Waals surface area contributed by atoms with Crippen LogP contribution in [0.3, 0.4) is 0 Å². The first-order chi connectivity index (χ1) is 11.2. The highest BCUT2D eigenvalue weighted by atomic mass is 35.5. The SMILES string of the molecule is CC(N)CCC(=O)N1CCN(S(=O)(=O)c2c(Cl)cccc2Cl)CC1.Cl. The van der Waals surface area contributed by atoms with Gasteiger partial charge in [-0.3, -0.25) is 4.79 Å². The number of rotatable bonds is 5. The van der Waals surface area contributed by atoms with Crippen molar-refractivity contribution in [3.63, 3.8) is 0 Å². The molecule has 1 unspecified atom stereocenters. The van der Waals surface area contributed by atoms with Crippen LogP contribution in [0.1, 0.15) is 19.8 Å². The lowest BCUT2D eigenvalue weighted by Gasteiger charge is -2.34. The third-order valence-corrected chi connectivity index (χ3v) is 6.78. The van der Waals surface area contributed by atoms with E-state index in [9.17, 15) is 13.2 Å². The molecule has 0 radical (unpaired) electrons. The van der Waals surface area contributed by atoms with Crippen LogP contribution in [0.5, 0.6) is 0 Å². The second-order valence-electron chi connectivity index (χ2n) is 5.85. The van der Waals surface area contributed by atoms with Gasteiger partial charge in [0, 0.05) is 38.6 Å². The highest BCUT2D eigenvalue weighted by molar-refractivity contribution is 7.89. The average molecular weight is 431 g/mol. The Morgan fingerprint density at radius 3 is 2.20 bits per heavy atom. The molecule has 0 bridgehead atoms. The normalized spacial score (nSPS) is 17.0. The van der Waals surface area contributed by atoms with Gasteiger partial charge in [-0.25, -0.2) is 8.42 Å². The van der Waals surface area contributed by atoms with Crippen molar-refractivity contribution in [1.29, 1.82) is 0 Å². The lowest BCUT2D eigenvalue weighted by atomic mass is 10.2. The highest BCUT2D eigenvalue weighted by Gasteiger charge is 2.32. The molecule has 2 rings (SSSR count). The van der Waals surface area contributed by atoms with E-state index in [2.05, 4.69) is 0 Å². The molecule has 0 aliphatic carbocycles. The number of nitrogens with zero attached hydrogens (tertiary/aromatic N) is 2. The number of benzene rings is 1. The molecule has 1 amide bonds. The predicted octanol–water partition coefficient (Wildman–Crippen LogP) is 2.38. The summed E-state index contributed by atoms with van der Waals surface area (Å²) >= 11 is 12.0. The van der Waals surface area contributed by atoms with E-state index in [-0.39, 0.29) is 52.4 Å². The maximum absolute atomic E-state index is 12.8. The Labute approximate surface area is 164 Å². The van der Waals surface area contributed by atoms with Crippen LogP contribution in [0, 0.1) is 0 Å². The van der Waals surface area contributed by atoms with Gasteiger partial charge in [0.2, 0.25) is 15.9 Å². The topological polar surface area (TPSA) is 83.7 Å². The van der Waals surface area contributed by atoms with Crippen molar-refractivity contribution in [3.8, 4) is 0 Å². The van der Waals surface area contributed by atoms with Gasteiger partial charge in [0.25, 0.3) is 0 Å². The van der Waals surface area contributed by atoms with E-state index < -0.39 is 10.0 Å². The molecular weight excluding hydrogens is 409 g/mol. The second-order valence-corrected chi connectivity index (χ2v) is 8.54. The number of amides is 1. The van der Waals surface area contributed by atoms with Crippen molar-refractivity contribution < 1.29 is 13.2 Å². The Bertz CT molecular complexity index is 685. The Hall–Kier alpha value is -0.570. The van der Waals surface area contributed by atoms with Crippen molar-refractivity contribution in [2.24, 2.45) is 5.73 Å². The van der Waals surface area contributed by atoms with Gasteiger partial charge in [0.1, 0.15) is 4.90 Å². The zero-order valence-electron chi connectivity index (χ0n) is 13.8. The van der Waals surface area contributed by atoms with E-state index in [4.69, 9.17) is 28.9 Å². The first-order valence-electron chi connectivity index (χ1n) is 7.71. The van der Waals surface area contributed by atoms with Crippen LogP contribution in [0.4, 0.5) is 0 Å². The first-order valence-corrected chi connectivity index (χ1v) is 9.90. The van der Waals surface area contributed by atoms with Crippen molar-refractivity contribution >= 4 is 51.5 Å². The number of piperazine rings is 1. The molecule has 1 fully saturated rings. The minimum absolute atomic E-state index is 0. The molecule has 2 N–H and O–H groups in total. The zero-order valence-corrected chi connectivity index (χ0v) is 17.0. The van der Waals surface area contributed by atoms with Gasteiger partial charge in [-0.2, -0.15) is 4.31 Å². The van der Waals surface area contributed by atoms with Crippen molar-refractivity contribution in [1.82, 2.24) is 9.21 Å². The molecule has 0 spiro atoms. The van der Waals surface area contributed by atoms with Crippen LogP contribution in [-0.2, 0) is 14.8 Å². The fourth-order valence-corrected chi connectivity index (χ4v) is 5.06. The molecule has 1 aliphatic heterocycles. The number of hydrogen-bond donors (Lipinski definition) is 1. The molecular formula is C15H22Cl3N3O3S. The highest BCUT2D eigenvalue weighted by Crippen LogP contribution is 2.31. The molecule has 25 heavy (non-hydrogen) atoms. The van der Waals surface area contributed by atoms with Crippen molar-refractivity contribution in [3.05, 3.63) is 28.2 Å². The summed E-state index contributed by atoms with van der Waals surface area (Å²) in [6, 6.07) is 4.55. The van der Waals surface area contributed by atoms with Crippen LogP contribution in [0.15, 0.2) is 23.1 Å². The summed E-state index contributed by atoms with van der Waals surface area (Å²) in [5, 5.41) is 0.191. The third kappa shape index (κ3) is 5.45. The lowest BCUT2D eigenvalue weighted by Crippen LogP contribution is -2.50. The molecule has 1 atom stereocenters. The van der Waals surface area contributed by atoms with E-state index in [0.29, 0.717) is 25.9 Å². The lowest BCUT2D eigenvalue weighted by molar-refractivity contribution is -0.132. The largest absolute Gasteiger partial charge is 0.340 e. The van der Waals surface area contributed by atoms with Gasteiger partial charge in [-0.05, 0) is 25.5 Å².